The van der Waals surface area contributed by atoms with Gasteiger partial charge in [-0.05, 0) is 6.54 Å². The quantitative estimate of drug-likeness (QED) is 0.768. The molecule has 0 amide bonds. The van der Waals surface area contributed by atoms with E-state index in [0.29, 0.717) is 12.4 Å². The van der Waals surface area contributed by atoms with Gasteiger partial charge in [0.1, 0.15) is 12.7 Å². The molecule has 2 rings (SSSR count). The minimum absolute atomic E-state index is 0.683. The molecule has 2 aromatic heterocycles. The minimum Gasteiger partial charge on any atom is -0.311 e. The normalized spacial score (nSPS) is 10.5. The van der Waals surface area contributed by atoms with Crippen molar-refractivity contribution in [1.82, 2.24) is 30.0 Å². The fourth-order valence-electron chi connectivity index (χ4n) is 1.17. The van der Waals surface area contributed by atoms with E-state index in [-0.39, 0.29) is 0 Å². The SMILES string of the molecule is CCNCc1cncc(-n2cncn2)n1. The van der Waals surface area contributed by atoms with E-state index in [1.165, 1.54) is 6.33 Å². The summed E-state index contributed by atoms with van der Waals surface area (Å²) < 4.78 is 1.59. The van der Waals surface area contributed by atoms with E-state index in [4.69, 9.17) is 0 Å². The molecule has 78 valence electrons. The lowest BCUT2D eigenvalue weighted by Crippen LogP contribution is -2.14. The van der Waals surface area contributed by atoms with Crippen molar-refractivity contribution in [2.24, 2.45) is 0 Å². The smallest absolute Gasteiger partial charge is 0.173 e. The second-order valence-corrected chi connectivity index (χ2v) is 2.99. The zero-order valence-corrected chi connectivity index (χ0v) is 8.46. The van der Waals surface area contributed by atoms with E-state index in [0.717, 1.165) is 12.2 Å². The van der Waals surface area contributed by atoms with Gasteiger partial charge in [-0.15, -0.1) is 0 Å². The summed E-state index contributed by atoms with van der Waals surface area (Å²) in [6.45, 7) is 3.68. The van der Waals surface area contributed by atoms with Gasteiger partial charge < -0.3 is 5.32 Å². The third-order valence-electron chi connectivity index (χ3n) is 1.88. The largest absolute Gasteiger partial charge is 0.311 e. The number of nitrogens with zero attached hydrogens (tertiary/aromatic N) is 5. The summed E-state index contributed by atoms with van der Waals surface area (Å²) in [4.78, 5) is 12.3. The average molecular weight is 204 g/mol. The number of rotatable bonds is 4. The van der Waals surface area contributed by atoms with Crippen molar-refractivity contribution in [3.8, 4) is 5.82 Å². The van der Waals surface area contributed by atoms with Crippen LogP contribution in [0.3, 0.4) is 0 Å². The highest BCUT2D eigenvalue weighted by Gasteiger charge is 2.00. The van der Waals surface area contributed by atoms with E-state index >= 15 is 0 Å². The van der Waals surface area contributed by atoms with Crippen LogP contribution in [-0.4, -0.2) is 31.3 Å². The summed E-state index contributed by atoms with van der Waals surface area (Å²) in [5.74, 6) is 0.683. The van der Waals surface area contributed by atoms with Crippen LogP contribution in [0.25, 0.3) is 5.82 Å². The number of nitrogens with one attached hydrogen (secondary N) is 1. The molecule has 2 aromatic rings. The lowest BCUT2D eigenvalue weighted by molar-refractivity contribution is 0.699. The van der Waals surface area contributed by atoms with Crippen LogP contribution in [0, 0.1) is 0 Å². The maximum atomic E-state index is 4.39. The van der Waals surface area contributed by atoms with Crippen LogP contribution >= 0.6 is 0 Å². The molecule has 0 aliphatic heterocycles. The first-order valence-corrected chi connectivity index (χ1v) is 4.77. The van der Waals surface area contributed by atoms with Crippen molar-refractivity contribution in [3.05, 3.63) is 30.7 Å². The van der Waals surface area contributed by atoms with Crippen LogP contribution in [-0.2, 0) is 6.54 Å². The van der Waals surface area contributed by atoms with Gasteiger partial charge in [0.25, 0.3) is 0 Å². The maximum absolute atomic E-state index is 4.39. The van der Waals surface area contributed by atoms with Gasteiger partial charge in [0, 0.05) is 12.7 Å². The molecule has 0 radical (unpaired) electrons. The van der Waals surface area contributed by atoms with Crippen molar-refractivity contribution in [2.75, 3.05) is 6.54 Å². The van der Waals surface area contributed by atoms with E-state index in [9.17, 15) is 0 Å². The molecule has 0 saturated carbocycles. The molecule has 6 nitrogen and oxygen atoms in total. The molecule has 0 aliphatic rings. The van der Waals surface area contributed by atoms with Crippen molar-refractivity contribution < 1.29 is 0 Å². The summed E-state index contributed by atoms with van der Waals surface area (Å²) in [5, 5.41) is 7.18. The second kappa shape index (κ2) is 4.61. The van der Waals surface area contributed by atoms with E-state index in [2.05, 4.69) is 32.3 Å². The van der Waals surface area contributed by atoms with Gasteiger partial charge in [-0.1, -0.05) is 6.92 Å². The molecule has 6 heteroatoms. The summed E-state index contributed by atoms with van der Waals surface area (Å²) in [7, 11) is 0. The maximum Gasteiger partial charge on any atom is 0.173 e. The second-order valence-electron chi connectivity index (χ2n) is 2.99. The van der Waals surface area contributed by atoms with Gasteiger partial charge in [-0.2, -0.15) is 5.10 Å². The van der Waals surface area contributed by atoms with Crippen LogP contribution in [0.15, 0.2) is 25.0 Å². The zero-order valence-electron chi connectivity index (χ0n) is 8.46. The molecule has 15 heavy (non-hydrogen) atoms. The highest BCUT2D eigenvalue weighted by molar-refractivity contribution is 5.16. The summed E-state index contributed by atoms with van der Waals surface area (Å²) in [6, 6.07) is 0. The third kappa shape index (κ3) is 2.35. The first-order valence-electron chi connectivity index (χ1n) is 4.77. The molecule has 1 N–H and O–H groups in total. The zero-order chi connectivity index (χ0) is 10.5. The van der Waals surface area contributed by atoms with Gasteiger partial charge in [0.15, 0.2) is 5.82 Å². The Balaban J connectivity index is 2.19. The molecule has 0 aromatic carbocycles. The Labute approximate surface area is 87.4 Å². The summed E-state index contributed by atoms with van der Waals surface area (Å²) in [6.07, 6.45) is 6.47. The molecular formula is C9H12N6. The van der Waals surface area contributed by atoms with E-state index < -0.39 is 0 Å². The first kappa shape index (κ1) is 9.72. The van der Waals surface area contributed by atoms with Gasteiger partial charge in [-0.3, -0.25) is 4.98 Å². The molecule has 0 unspecified atom stereocenters. The number of hydrogen-bond acceptors (Lipinski definition) is 5. The van der Waals surface area contributed by atoms with Crippen molar-refractivity contribution >= 4 is 0 Å². The van der Waals surface area contributed by atoms with Gasteiger partial charge in [-0.25, -0.2) is 14.6 Å². The fraction of sp³-hybridized carbons (Fsp3) is 0.333. The van der Waals surface area contributed by atoms with E-state index in [1.54, 1.807) is 23.4 Å². The van der Waals surface area contributed by atoms with Crippen LogP contribution in [0.1, 0.15) is 12.6 Å². The van der Waals surface area contributed by atoms with Crippen LogP contribution in [0.5, 0.6) is 0 Å². The predicted octanol–water partition coefficient (Wildman–Crippen LogP) is 0.167. The summed E-state index contributed by atoms with van der Waals surface area (Å²) >= 11 is 0. The standard InChI is InChI=1S/C9H12N6/c1-2-10-3-8-4-11-5-9(14-8)15-7-12-6-13-15/h4-7,10H,2-3H2,1H3. The molecule has 0 saturated heterocycles. The molecular weight excluding hydrogens is 192 g/mol. The predicted molar refractivity (Wildman–Crippen MR) is 54.3 cm³/mol. The molecule has 0 aliphatic carbocycles. The Hall–Kier alpha value is -1.82. The summed E-state index contributed by atoms with van der Waals surface area (Å²) in [5.41, 5.74) is 0.893. The average Bonchev–Trinajstić information content (AvgIpc) is 2.80. The minimum atomic E-state index is 0.683. The Morgan fingerprint density at radius 1 is 1.33 bits per heavy atom. The Bertz CT molecular complexity index is 410. The van der Waals surface area contributed by atoms with Crippen molar-refractivity contribution in [1.29, 1.82) is 0 Å². The molecule has 0 fully saturated rings. The van der Waals surface area contributed by atoms with Crippen LogP contribution in [0.2, 0.25) is 0 Å². The first-order chi connectivity index (χ1) is 7.40. The topological polar surface area (TPSA) is 68.5 Å². The highest BCUT2D eigenvalue weighted by atomic mass is 15.3. The lowest BCUT2D eigenvalue weighted by atomic mass is 10.4. The van der Waals surface area contributed by atoms with Crippen LogP contribution < -0.4 is 5.32 Å². The lowest BCUT2D eigenvalue weighted by Gasteiger charge is -2.03. The monoisotopic (exact) mass is 204 g/mol. The molecule has 0 atom stereocenters. The van der Waals surface area contributed by atoms with Gasteiger partial charge in [0.2, 0.25) is 0 Å². The van der Waals surface area contributed by atoms with Crippen molar-refractivity contribution in [2.45, 2.75) is 13.5 Å². The van der Waals surface area contributed by atoms with Crippen LogP contribution in [0.4, 0.5) is 0 Å². The van der Waals surface area contributed by atoms with Gasteiger partial charge in [0.05, 0.1) is 11.9 Å². The third-order valence-corrected chi connectivity index (χ3v) is 1.88. The number of aromatic nitrogens is 5. The Morgan fingerprint density at radius 3 is 3.00 bits per heavy atom. The van der Waals surface area contributed by atoms with Crippen molar-refractivity contribution in [3.63, 3.8) is 0 Å². The molecule has 0 spiro atoms. The van der Waals surface area contributed by atoms with Gasteiger partial charge >= 0.3 is 0 Å². The highest BCUT2D eigenvalue weighted by Crippen LogP contribution is 2.00. The molecule has 2 heterocycles. The Kier molecular flexibility index (Phi) is 2.99. The molecule has 0 bridgehead atoms. The van der Waals surface area contributed by atoms with E-state index in [1.807, 2.05) is 0 Å². The fourth-order valence-corrected chi connectivity index (χ4v) is 1.17. The number of hydrogen-bond donors (Lipinski definition) is 1. The Morgan fingerprint density at radius 2 is 2.27 bits per heavy atom.